The van der Waals surface area contributed by atoms with E-state index in [2.05, 4.69) is 11.2 Å². The number of carbonyl (C=O) groups is 1. The average molecular weight is 398 g/mol. The van der Waals surface area contributed by atoms with Crippen molar-refractivity contribution in [3.8, 4) is 18.1 Å². The summed E-state index contributed by atoms with van der Waals surface area (Å²) >= 11 is 0. The summed E-state index contributed by atoms with van der Waals surface area (Å²) in [6.45, 7) is -0.390. The first kappa shape index (κ1) is 21.5. The van der Waals surface area contributed by atoms with Crippen LogP contribution in [0.15, 0.2) is 39.9 Å². The summed E-state index contributed by atoms with van der Waals surface area (Å²) in [6, 6.07) is 7.04. The van der Waals surface area contributed by atoms with Crippen molar-refractivity contribution in [2.75, 3.05) is 24.8 Å². The molecule has 9 nitrogen and oxygen atoms in total. The number of ether oxygens (including phenoxy) is 1. The highest BCUT2D eigenvalue weighted by Crippen LogP contribution is 2.15. The molecule has 0 saturated carbocycles. The normalized spacial score (nSPS) is 10.7. The van der Waals surface area contributed by atoms with E-state index in [4.69, 9.17) is 22.0 Å². The number of nitrogen functional groups attached to an aromatic ring is 1. The third-order valence-electron chi connectivity index (χ3n) is 4.03. The molecule has 0 radical (unpaired) electrons. The van der Waals surface area contributed by atoms with Gasteiger partial charge in [0.1, 0.15) is 17.3 Å². The van der Waals surface area contributed by atoms with Crippen LogP contribution in [0.5, 0.6) is 5.75 Å². The minimum atomic E-state index is -0.797. The van der Waals surface area contributed by atoms with Crippen molar-refractivity contribution in [1.82, 2.24) is 9.13 Å². The average Bonchev–Trinajstić information content (AvgIpc) is 2.73. The van der Waals surface area contributed by atoms with Crippen LogP contribution in [0, 0.1) is 12.3 Å². The minimum Gasteiger partial charge on any atom is -0.497 e. The van der Waals surface area contributed by atoms with Gasteiger partial charge in [-0.05, 0) is 30.2 Å². The molecule has 1 amide bonds. The van der Waals surface area contributed by atoms with Gasteiger partial charge >= 0.3 is 5.69 Å². The van der Waals surface area contributed by atoms with Gasteiger partial charge < -0.3 is 20.9 Å². The van der Waals surface area contributed by atoms with Crippen molar-refractivity contribution in [3.63, 3.8) is 0 Å². The standard InChI is InChI=1S/C20H22N4O5/c1-3-10-24-19(27)17(18(21)23(20(24)28)11-5-12-25)22-16(26)9-8-14-6-4-7-15(13-14)29-2/h1,4,6-9,13,25H,5,10-12,21H2,2H3,(H,22,26)/b9-8+. The van der Waals surface area contributed by atoms with Gasteiger partial charge in [0.05, 0.1) is 13.7 Å². The molecule has 0 aliphatic carbocycles. The molecular weight excluding hydrogens is 376 g/mol. The van der Waals surface area contributed by atoms with Gasteiger partial charge in [-0.3, -0.25) is 14.2 Å². The Labute approximate surface area is 167 Å². The van der Waals surface area contributed by atoms with E-state index in [1.807, 2.05) is 0 Å². The Bertz CT molecular complexity index is 1080. The Morgan fingerprint density at radius 2 is 2.14 bits per heavy atom. The maximum atomic E-state index is 12.6. The number of hydrogen-bond donors (Lipinski definition) is 3. The number of amides is 1. The molecule has 0 atom stereocenters. The largest absolute Gasteiger partial charge is 0.497 e. The number of nitrogens with two attached hydrogens (primary N) is 1. The zero-order valence-electron chi connectivity index (χ0n) is 15.9. The van der Waals surface area contributed by atoms with Crippen LogP contribution < -0.4 is 27.0 Å². The third kappa shape index (κ3) is 5.15. The summed E-state index contributed by atoms with van der Waals surface area (Å²) in [5.74, 6) is 2.04. The Balaban J connectivity index is 2.37. The topological polar surface area (TPSA) is 129 Å². The monoisotopic (exact) mass is 398 g/mol. The summed E-state index contributed by atoms with van der Waals surface area (Å²) in [5, 5.41) is 11.4. The maximum absolute atomic E-state index is 12.6. The number of aromatic nitrogens is 2. The fraction of sp³-hybridized carbons (Fsp3) is 0.250. The first-order chi connectivity index (χ1) is 13.9. The molecule has 0 spiro atoms. The van der Waals surface area contributed by atoms with E-state index in [1.54, 1.807) is 24.3 Å². The summed E-state index contributed by atoms with van der Waals surface area (Å²) in [5.41, 5.74) is 4.90. The molecule has 0 fully saturated rings. The third-order valence-corrected chi connectivity index (χ3v) is 4.03. The van der Waals surface area contributed by atoms with E-state index >= 15 is 0 Å². The van der Waals surface area contributed by atoms with Crippen molar-refractivity contribution >= 4 is 23.5 Å². The number of aliphatic hydroxyl groups is 1. The van der Waals surface area contributed by atoms with Crippen LogP contribution in [0.4, 0.5) is 11.5 Å². The second-order valence-electron chi connectivity index (χ2n) is 5.97. The second-order valence-corrected chi connectivity index (χ2v) is 5.97. The summed E-state index contributed by atoms with van der Waals surface area (Å²) in [7, 11) is 1.53. The van der Waals surface area contributed by atoms with Gasteiger partial charge in [-0.15, -0.1) is 6.42 Å². The Kier molecular flexibility index (Phi) is 7.40. The highest BCUT2D eigenvalue weighted by Gasteiger charge is 2.18. The predicted octanol–water partition coefficient (Wildman–Crippen LogP) is 0.268. The van der Waals surface area contributed by atoms with Crippen molar-refractivity contribution in [1.29, 1.82) is 0 Å². The molecule has 9 heteroatoms. The zero-order valence-corrected chi connectivity index (χ0v) is 15.9. The van der Waals surface area contributed by atoms with Crippen LogP contribution >= 0.6 is 0 Å². The predicted molar refractivity (Wildman–Crippen MR) is 111 cm³/mol. The molecule has 2 rings (SSSR count). The molecule has 0 bridgehead atoms. The lowest BCUT2D eigenvalue weighted by Gasteiger charge is -2.15. The van der Waals surface area contributed by atoms with E-state index in [0.717, 1.165) is 9.13 Å². The Morgan fingerprint density at radius 1 is 1.38 bits per heavy atom. The van der Waals surface area contributed by atoms with E-state index < -0.39 is 17.2 Å². The number of hydrogen-bond acceptors (Lipinski definition) is 6. The summed E-state index contributed by atoms with van der Waals surface area (Å²) < 4.78 is 7.01. The van der Waals surface area contributed by atoms with Crippen LogP contribution in [0.1, 0.15) is 12.0 Å². The quantitative estimate of drug-likeness (QED) is 0.432. The molecular formula is C20H22N4O5. The molecule has 29 heavy (non-hydrogen) atoms. The van der Waals surface area contributed by atoms with Crippen LogP contribution in [0.2, 0.25) is 0 Å². The number of methoxy groups -OCH3 is 1. The van der Waals surface area contributed by atoms with Crippen molar-refractivity contribution in [2.24, 2.45) is 0 Å². The fourth-order valence-electron chi connectivity index (χ4n) is 2.59. The lowest BCUT2D eigenvalue weighted by atomic mass is 10.2. The lowest BCUT2D eigenvalue weighted by molar-refractivity contribution is -0.111. The van der Waals surface area contributed by atoms with Gasteiger partial charge in [0.25, 0.3) is 5.56 Å². The molecule has 0 aliphatic rings. The number of anilines is 2. The molecule has 1 heterocycles. The number of terminal acetylenes is 1. The van der Waals surface area contributed by atoms with Crippen LogP contribution in [0.3, 0.4) is 0 Å². The second kappa shape index (κ2) is 9.96. The van der Waals surface area contributed by atoms with Crippen molar-refractivity contribution in [2.45, 2.75) is 19.5 Å². The first-order valence-electron chi connectivity index (χ1n) is 8.73. The molecule has 0 aliphatic heterocycles. The molecule has 1 aromatic carbocycles. The first-order valence-corrected chi connectivity index (χ1v) is 8.73. The molecule has 152 valence electrons. The van der Waals surface area contributed by atoms with Crippen molar-refractivity contribution in [3.05, 3.63) is 56.7 Å². The molecule has 1 aromatic heterocycles. The van der Waals surface area contributed by atoms with Gasteiger partial charge in [-0.25, -0.2) is 9.36 Å². The number of rotatable bonds is 8. The van der Waals surface area contributed by atoms with Gasteiger partial charge in [-0.2, -0.15) is 0 Å². The van der Waals surface area contributed by atoms with Crippen molar-refractivity contribution < 1.29 is 14.6 Å². The smallest absolute Gasteiger partial charge is 0.333 e. The highest BCUT2D eigenvalue weighted by molar-refractivity contribution is 6.03. The number of nitrogens with one attached hydrogen (secondary N) is 1. The highest BCUT2D eigenvalue weighted by atomic mass is 16.5. The van der Waals surface area contributed by atoms with Crippen LogP contribution in [0.25, 0.3) is 6.08 Å². The van der Waals surface area contributed by atoms with Gasteiger partial charge in [0.15, 0.2) is 0 Å². The van der Waals surface area contributed by atoms with Gasteiger partial charge in [0, 0.05) is 19.2 Å². The number of carbonyl (C=O) groups excluding carboxylic acids is 1. The van der Waals surface area contributed by atoms with E-state index in [1.165, 1.54) is 19.3 Å². The number of nitrogens with zero attached hydrogens (tertiary/aromatic N) is 2. The van der Waals surface area contributed by atoms with E-state index in [9.17, 15) is 14.4 Å². The lowest BCUT2D eigenvalue weighted by Crippen LogP contribution is -2.42. The van der Waals surface area contributed by atoms with E-state index in [-0.39, 0.29) is 37.6 Å². The molecule has 2 aromatic rings. The SMILES string of the molecule is C#CCn1c(=O)c(NC(=O)/C=C/c2cccc(OC)c2)c(N)n(CCCO)c1=O. The molecule has 0 saturated heterocycles. The molecule has 4 N–H and O–H groups in total. The Morgan fingerprint density at radius 3 is 2.79 bits per heavy atom. The minimum absolute atomic E-state index is 0.0640. The van der Waals surface area contributed by atoms with Gasteiger partial charge in [-0.1, -0.05) is 18.1 Å². The van der Waals surface area contributed by atoms with Crippen LogP contribution in [-0.4, -0.2) is 33.9 Å². The summed E-state index contributed by atoms with van der Waals surface area (Å²) in [4.78, 5) is 37.4. The van der Waals surface area contributed by atoms with E-state index in [0.29, 0.717) is 11.3 Å². The molecule has 0 unspecified atom stereocenters. The number of benzene rings is 1. The summed E-state index contributed by atoms with van der Waals surface area (Å²) in [6.07, 6.45) is 8.24. The van der Waals surface area contributed by atoms with Gasteiger partial charge in [0.2, 0.25) is 5.91 Å². The number of aliphatic hydroxyl groups excluding tert-OH is 1. The maximum Gasteiger partial charge on any atom is 0.333 e. The zero-order chi connectivity index (χ0) is 21.4. The fourth-order valence-corrected chi connectivity index (χ4v) is 2.59. The van der Waals surface area contributed by atoms with Crippen LogP contribution in [-0.2, 0) is 17.9 Å². The Hall–Kier alpha value is -3.77.